The van der Waals surface area contributed by atoms with Gasteiger partial charge in [-0.25, -0.2) is 0 Å². The maximum atomic E-state index is 5.42. The zero-order chi connectivity index (χ0) is 10.3. The number of fused-ring (bicyclic) bond motifs is 1. The third-order valence-electron chi connectivity index (χ3n) is 2.25. The second-order valence-corrected chi connectivity index (χ2v) is 4.17. The molecule has 1 nitrogen and oxygen atoms in total. The number of aryl methyl sites for hydroxylation is 1. The van der Waals surface area contributed by atoms with E-state index in [9.17, 15) is 0 Å². The normalized spacial score (nSPS) is 12.2. The van der Waals surface area contributed by atoms with Crippen LogP contribution in [0.1, 0.15) is 12.0 Å². The SMILES string of the molecule is [NaH].c1ccc2c(c1)CCCO2.c1ccsc1. The first-order valence-electron chi connectivity index (χ1n) is 5.15. The van der Waals surface area contributed by atoms with Crippen LogP contribution in [0.2, 0.25) is 0 Å². The maximum Gasteiger partial charge on any atom is 0.122 e. The molecule has 0 N–H and O–H groups in total. The molecule has 2 aromatic rings. The van der Waals surface area contributed by atoms with Gasteiger partial charge >= 0.3 is 29.6 Å². The quantitative estimate of drug-likeness (QED) is 0.645. The number of hydrogen-bond donors (Lipinski definition) is 0. The fraction of sp³-hybridized carbons (Fsp3) is 0.231. The molecular weight excluding hydrogens is 227 g/mol. The number of para-hydroxylation sites is 1. The van der Waals surface area contributed by atoms with Gasteiger partial charge in [0.15, 0.2) is 0 Å². The fourth-order valence-electron chi connectivity index (χ4n) is 1.52. The van der Waals surface area contributed by atoms with Crippen molar-refractivity contribution in [2.45, 2.75) is 12.8 Å². The standard InChI is InChI=1S/C9H10O.C4H4S.Na.H/c1-2-6-9-8(4-1)5-3-7-10-9;1-2-4-5-3-1;;/h1-2,4,6H,3,5,7H2;1-4H;;. The Balaban J connectivity index is 0.000000183. The van der Waals surface area contributed by atoms with Gasteiger partial charge in [0.2, 0.25) is 0 Å². The summed E-state index contributed by atoms with van der Waals surface area (Å²) in [5.74, 6) is 1.08. The van der Waals surface area contributed by atoms with Crippen LogP contribution < -0.4 is 4.74 Å². The van der Waals surface area contributed by atoms with Crippen LogP contribution in [0.15, 0.2) is 47.2 Å². The third-order valence-corrected chi connectivity index (χ3v) is 2.87. The third kappa shape index (κ3) is 4.30. The molecule has 1 aromatic heterocycles. The Morgan fingerprint density at radius 2 is 1.75 bits per heavy atom. The van der Waals surface area contributed by atoms with Crippen molar-refractivity contribution in [3.63, 3.8) is 0 Å². The van der Waals surface area contributed by atoms with E-state index in [1.807, 2.05) is 35.0 Å². The molecular formula is C13H15NaOS. The summed E-state index contributed by atoms with van der Waals surface area (Å²) in [4.78, 5) is 0. The van der Waals surface area contributed by atoms with E-state index in [0.29, 0.717) is 0 Å². The molecule has 0 aliphatic carbocycles. The monoisotopic (exact) mass is 242 g/mol. The van der Waals surface area contributed by atoms with Gasteiger partial charge in [0, 0.05) is 0 Å². The van der Waals surface area contributed by atoms with Gasteiger partial charge in [-0.2, -0.15) is 11.3 Å². The zero-order valence-corrected chi connectivity index (χ0v) is 9.37. The van der Waals surface area contributed by atoms with Gasteiger partial charge < -0.3 is 4.74 Å². The summed E-state index contributed by atoms with van der Waals surface area (Å²) in [5.41, 5.74) is 1.36. The van der Waals surface area contributed by atoms with Gasteiger partial charge in [-0.1, -0.05) is 30.3 Å². The van der Waals surface area contributed by atoms with Gasteiger partial charge in [0.1, 0.15) is 5.75 Å². The first kappa shape index (κ1) is 13.8. The minimum atomic E-state index is 0. The topological polar surface area (TPSA) is 9.23 Å². The molecule has 3 rings (SSSR count). The molecule has 3 heteroatoms. The first-order valence-corrected chi connectivity index (χ1v) is 6.09. The number of ether oxygens (including phenoxy) is 1. The van der Waals surface area contributed by atoms with E-state index in [1.54, 1.807) is 11.3 Å². The number of benzene rings is 1. The van der Waals surface area contributed by atoms with Gasteiger partial charge in [-0.05, 0) is 35.2 Å². The predicted octanol–water partition coefficient (Wildman–Crippen LogP) is 3.11. The molecule has 0 saturated carbocycles. The molecule has 2 heterocycles. The van der Waals surface area contributed by atoms with Crippen LogP contribution >= 0.6 is 11.3 Å². The Hall–Kier alpha value is -0.280. The number of thiophene rings is 1. The Bertz CT molecular complexity index is 344. The zero-order valence-electron chi connectivity index (χ0n) is 8.56. The smallest absolute Gasteiger partial charge is 0.122 e. The molecule has 1 aliphatic rings. The summed E-state index contributed by atoms with van der Waals surface area (Å²) in [7, 11) is 0. The van der Waals surface area contributed by atoms with Crippen molar-refractivity contribution in [2.75, 3.05) is 6.61 Å². The van der Waals surface area contributed by atoms with Crippen molar-refractivity contribution in [2.24, 2.45) is 0 Å². The molecule has 0 radical (unpaired) electrons. The van der Waals surface area contributed by atoms with Crippen LogP contribution in [0, 0.1) is 0 Å². The van der Waals surface area contributed by atoms with E-state index >= 15 is 0 Å². The summed E-state index contributed by atoms with van der Waals surface area (Å²) in [6, 6.07) is 12.3. The molecule has 0 spiro atoms. The number of rotatable bonds is 0. The summed E-state index contributed by atoms with van der Waals surface area (Å²) >= 11 is 1.71. The molecule has 16 heavy (non-hydrogen) atoms. The molecule has 0 bridgehead atoms. The van der Waals surface area contributed by atoms with E-state index in [4.69, 9.17) is 4.74 Å². The van der Waals surface area contributed by atoms with E-state index in [-0.39, 0.29) is 29.6 Å². The summed E-state index contributed by atoms with van der Waals surface area (Å²) in [6.45, 7) is 0.886. The van der Waals surface area contributed by atoms with Crippen LogP contribution in [-0.4, -0.2) is 36.2 Å². The molecule has 0 fully saturated rings. The average Bonchev–Trinajstić information content (AvgIpc) is 2.88. The van der Waals surface area contributed by atoms with Gasteiger partial charge in [0.25, 0.3) is 0 Å². The first-order chi connectivity index (χ1) is 7.47. The number of hydrogen-bond acceptors (Lipinski definition) is 2. The Morgan fingerprint density at radius 3 is 2.38 bits per heavy atom. The van der Waals surface area contributed by atoms with Crippen molar-refractivity contribution in [3.05, 3.63) is 52.7 Å². The molecule has 0 amide bonds. The van der Waals surface area contributed by atoms with Gasteiger partial charge in [0.05, 0.1) is 6.61 Å². The average molecular weight is 242 g/mol. The second kappa shape index (κ2) is 7.91. The van der Waals surface area contributed by atoms with Crippen molar-refractivity contribution >= 4 is 40.9 Å². The van der Waals surface area contributed by atoms with Crippen molar-refractivity contribution < 1.29 is 4.74 Å². The molecule has 0 unspecified atom stereocenters. The van der Waals surface area contributed by atoms with E-state index in [2.05, 4.69) is 12.1 Å². The van der Waals surface area contributed by atoms with Crippen LogP contribution in [0.5, 0.6) is 5.75 Å². The van der Waals surface area contributed by atoms with Crippen LogP contribution in [0.4, 0.5) is 0 Å². The molecule has 0 atom stereocenters. The predicted molar refractivity (Wildman–Crippen MR) is 71.7 cm³/mol. The molecule has 0 saturated heterocycles. The van der Waals surface area contributed by atoms with Gasteiger partial charge in [-0.15, -0.1) is 0 Å². The van der Waals surface area contributed by atoms with Crippen LogP contribution in [0.3, 0.4) is 0 Å². The maximum absolute atomic E-state index is 5.42. The minimum Gasteiger partial charge on any atom is -0.493 e. The molecule has 1 aliphatic heterocycles. The van der Waals surface area contributed by atoms with Crippen molar-refractivity contribution in [3.8, 4) is 5.75 Å². The molecule has 80 valence electrons. The van der Waals surface area contributed by atoms with E-state index in [0.717, 1.165) is 18.8 Å². The summed E-state index contributed by atoms with van der Waals surface area (Å²) in [6.07, 6.45) is 2.34. The van der Waals surface area contributed by atoms with E-state index < -0.39 is 0 Å². The summed E-state index contributed by atoms with van der Waals surface area (Å²) < 4.78 is 5.42. The van der Waals surface area contributed by atoms with Crippen LogP contribution in [0.25, 0.3) is 0 Å². The van der Waals surface area contributed by atoms with Gasteiger partial charge in [-0.3, -0.25) is 0 Å². The Morgan fingerprint density at radius 1 is 1.00 bits per heavy atom. The van der Waals surface area contributed by atoms with Crippen molar-refractivity contribution in [1.82, 2.24) is 0 Å². The molecule has 1 aromatic carbocycles. The van der Waals surface area contributed by atoms with Crippen LogP contribution in [-0.2, 0) is 6.42 Å². The van der Waals surface area contributed by atoms with Crippen molar-refractivity contribution in [1.29, 1.82) is 0 Å². The minimum absolute atomic E-state index is 0. The largest absolute Gasteiger partial charge is 0.493 e. The second-order valence-electron chi connectivity index (χ2n) is 3.35. The summed E-state index contributed by atoms with van der Waals surface area (Å²) in [5, 5.41) is 4.08. The fourth-order valence-corrected chi connectivity index (χ4v) is 1.98. The Kier molecular flexibility index (Phi) is 6.81. The Labute approximate surface area is 123 Å². The van der Waals surface area contributed by atoms with E-state index in [1.165, 1.54) is 12.0 Å².